The highest BCUT2D eigenvalue weighted by atomic mass is 16.5. The Morgan fingerprint density at radius 1 is 1.29 bits per heavy atom. The standard InChI is InChI=1S/C18H29N3O3/c1-23-10-7-19-14-18(22)20-17(13-16-5-3-2-4-6-16)15-21-8-11-24-12-9-21/h2-6,17,19H,7-15H2,1H3,(H,20,22). The Hall–Kier alpha value is -1.47. The van der Waals surface area contributed by atoms with Crippen LogP contribution in [0.1, 0.15) is 5.56 Å². The van der Waals surface area contributed by atoms with Gasteiger partial charge < -0.3 is 20.1 Å². The number of hydrogen-bond donors (Lipinski definition) is 2. The Morgan fingerprint density at radius 2 is 2.04 bits per heavy atom. The van der Waals surface area contributed by atoms with Crippen LogP contribution in [0.3, 0.4) is 0 Å². The molecule has 2 rings (SSSR count). The van der Waals surface area contributed by atoms with Crippen molar-refractivity contribution in [3.63, 3.8) is 0 Å². The monoisotopic (exact) mass is 335 g/mol. The van der Waals surface area contributed by atoms with Gasteiger partial charge in [0.15, 0.2) is 0 Å². The Kier molecular flexibility index (Phi) is 8.76. The van der Waals surface area contributed by atoms with Crippen LogP contribution in [0.15, 0.2) is 30.3 Å². The van der Waals surface area contributed by atoms with Crippen molar-refractivity contribution >= 4 is 5.91 Å². The van der Waals surface area contributed by atoms with Crippen LogP contribution in [-0.2, 0) is 20.7 Å². The number of ether oxygens (including phenoxy) is 2. The third kappa shape index (κ3) is 7.40. The fourth-order valence-electron chi connectivity index (χ4n) is 2.81. The summed E-state index contributed by atoms with van der Waals surface area (Å²) in [5.41, 5.74) is 1.24. The van der Waals surface area contributed by atoms with Crippen molar-refractivity contribution in [2.45, 2.75) is 12.5 Å². The van der Waals surface area contributed by atoms with E-state index in [0.29, 0.717) is 19.7 Å². The fourth-order valence-corrected chi connectivity index (χ4v) is 2.81. The molecular weight excluding hydrogens is 306 g/mol. The molecule has 0 bridgehead atoms. The van der Waals surface area contributed by atoms with Gasteiger partial charge in [0.05, 0.1) is 26.4 Å². The zero-order valence-corrected chi connectivity index (χ0v) is 14.5. The summed E-state index contributed by atoms with van der Waals surface area (Å²) in [5.74, 6) is 0.0280. The van der Waals surface area contributed by atoms with E-state index in [0.717, 1.165) is 39.3 Å². The molecule has 0 aromatic heterocycles. The summed E-state index contributed by atoms with van der Waals surface area (Å²) >= 11 is 0. The number of morpholine rings is 1. The minimum Gasteiger partial charge on any atom is -0.383 e. The lowest BCUT2D eigenvalue weighted by atomic mass is 10.1. The molecule has 1 aromatic carbocycles. The third-order valence-corrected chi connectivity index (χ3v) is 4.04. The van der Waals surface area contributed by atoms with Crippen LogP contribution in [0.5, 0.6) is 0 Å². The maximum absolute atomic E-state index is 12.2. The molecule has 2 N–H and O–H groups in total. The topological polar surface area (TPSA) is 62.8 Å². The maximum Gasteiger partial charge on any atom is 0.234 e. The highest BCUT2D eigenvalue weighted by Gasteiger charge is 2.18. The first-order valence-corrected chi connectivity index (χ1v) is 8.61. The molecule has 6 heteroatoms. The minimum atomic E-state index is 0.0280. The van der Waals surface area contributed by atoms with Crippen molar-refractivity contribution in [3.8, 4) is 0 Å². The minimum absolute atomic E-state index is 0.0280. The molecule has 24 heavy (non-hydrogen) atoms. The molecule has 1 aliphatic rings. The number of benzene rings is 1. The molecule has 1 aromatic rings. The molecule has 0 radical (unpaired) electrons. The van der Waals surface area contributed by atoms with Crippen LogP contribution in [0.4, 0.5) is 0 Å². The van der Waals surface area contributed by atoms with E-state index < -0.39 is 0 Å². The number of amides is 1. The molecule has 1 aliphatic heterocycles. The van der Waals surface area contributed by atoms with Crippen LogP contribution in [0.2, 0.25) is 0 Å². The first kappa shape index (κ1) is 18.9. The summed E-state index contributed by atoms with van der Waals surface area (Å²) in [6.07, 6.45) is 0.835. The lowest BCUT2D eigenvalue weighted by molar-refractivity contribution is -0.121. The lowest BCUT2D eigenvalue weighted by Crippen LogP contribution is -2.50. The quantitative estimate of drug-likeness (QED) is 0.602. The van der Waals surface area contributed by atoms with Crippen molar-refractivity contribution in [3.05, 3.63) is 35.9 Å². The van der Waals surface area contributed by atoms with Gasteiger partial charge in [0.25, 0.3) is 0 Å². The summed E-state index contributed by atoms with van der Waals surface area (Å²) in [4.78, 5) is 14.5. The largest absolute Gasteiger partial charge is 0.383 e. The second-order valence-corrected chi connectivity index (χ2v) is 6.04. The predicted molar refractivity (Wildman–Crippen MR) is 94.1 cm³/mol. The molecule has 1 saturated heterocycles. The van der Waals surface area contributed by atoms with Gasteiger partial charge in [0, 0.05) is 39.3 Å². The van der Waals surface area contributed by atoms with E-state index in [1.54, 1.807) is 7.11 Å². The molecular formula is C18H29N3O3. The fraction of sp³-hybridized carbons (Fsp3) is 0.611. The number of hydrogen-bond acceptors (Lipinski definition) is 5. The Bertz CT molecular complexity index is 464. The zero-order chi connectivity index (χ0) is 17.0. The number of carbonyl (C=O) groups is 1. The molecule has 1 amide bonds. The summed E-state index contributed by atoms with van der Waals surface area (Å²) in [7, 11) is 1.65. The molecule has 1 atom stereocenters. The SMILES string of the molecule is COCCNCC(=O)NC(Cc1ccccc1)CN1CCOCC1. The summed E-state index contributed by atoms with van der Waals surface area (Å²) in [6.45, 7) is 5.83. The first-order valence-electron chi connectivity index (χ1n) is 8.61. The molecule has 6 nitrogen and oxygen atoms in total. The van der Waals surface area contributed by atoms with Crippen LogP contribution in [0, 0.1) is 0 Å². The molecule has 1 heterocycles. The highest BCUT2D eigenvalue weighted by molar-refractivity contribution is 5.78. The van der Waals surface area contributed by atoms with Gasteiger partial charge in [-0.3, -0.25) is 9.69 Å². The summed E-state index contributed by atoms with van der Waals surface area (Å²) in [5, 5.41) is 6.25. The van der Waals surface area contributed by atoms with Gasteiger partial charge in [-0.25, -0.2) is 0 Å². The van der Waals surface area contributed by atoms with E-state index in [2.05, 4.69) is 27.7 Å². The first-order chi connectivity index (χ1) is 11.8. The number of methoxy groups -OCH3 is 1. The van der Waals surface area contributed by atoms with Crippen LogP contribution in [-0.4, -0.2) is 76.5 Å². The average molecular weight is 335 g/mol. The van der Waals surface area contributed by atoms with E-state index in [-0.39, 0.29) is 11.9 Å². The Balaban J connectivity index is 1.85. The second-order valence-electron chi connectivity index (χ2n) is 6.04. The second kappa shape index (κ2) is 11.1. The predicted octanol–water partition coefficient (Wildman–Crippen LogP) is 0.282. The van der Waals surface area contributed by atoms with Gasteiger partial charge in [-0.1, -0.05) is 30.3 Å². The van der Waals surface area contributed by atoms with E-state index in [4.69, 9.17) is 9.47 Å². The molecule has 0 spiro atoms. The van der Waals surface area contributed by atoms with Crippen molar-refractivity contribution in [2.75, 3.05) is 59.7 Å². The van der Waals surface area contributed by atoms with Crippen molar-refractivity contribution < 1.29 is 14.3 Å². The zero-order valence-electron chi connectivity index (χ0n) is 14.5. The van der Waals surface area contributed by atoms with Gasteiger partial charge in [-0.2, -0.15) is 0 Å². The van der Waals surface area contributed by atoms with Gasteiger partial charge in [0.1, 0.15) is 0 Å². The van der Waals surface area contributed by atoms with Gasteiger partial charge >= 0.3 is 0 Å². The van der Waals surface area contributed by atoms with Gasteiger partial charge in [0.2, 0.25) is 5.91 Å². The van der Waals surface area contributed by atoms with E-state index in [1.165, 1.54) is 5.56 Å². The maximum atomic E-state index is 12.2. The van der Waals surface area contributed by atoms with Gasteiger partial charge in [-0.15, -0.1) is 0 Å². The smallest absolute Gasteiger partial charge is 0.234 e. The van der Waals surface area contributed by atoms with Crippen LogP contribution < -0.4 is 10.6 Å². The number of carbonyl (C=O) groups excluding carboxylic acids is 1. The molecule has 1 fully saturated rings. The van der Waals surface area contributed by atoms with E-state index in [9.17, 15) is 4.79 Å². The van der Waals surface area contributed by atoms with Gasteiger partial charge in [-0.05, 0) is 12.0 Å². The average Bonchev–Trinajstić information content (AvgIpc) is 2.60. The van der Waals surface area contributed by atoms with Crippen molar-refractivity contribution in [2.24, 2.45) is 0 Å². The van der Waals surface area contributed by atoms with Crippen molar-refractivity contribution in [1.29, 1.82) is 0 Å². The van der Waals surface area contributed by atoms with Crippen molar-refractivity contribution in [1.82, 2.24) is 15.5 Å². The summed E-state index contributed by atoms with van der Waals surface area (Å²) in [6, 6.07) is 10.4. The summed E-state index contributed by atoms with van der Waals surface area (Å²) < 4.78 is 10.4. The molecule has 134 valence electrons. The number of nitrogens with one attached hydrogen (secondary N) is 2. The lowest BCUT2D eigenvalue weighted by Gasteiger charge is -2.31. The van der Waals surface area contributed by atoms with E-state index in [1.807, 2.05) is 18.2 Å². The molecule has 0 saturated carbocycles. The molecule has 1 unspecified atom stereocenters. The van der Waals surface area contributed by atoms with Crippen LogP contribution in [0.25, 0.3) is 0 Å². The molecule has 0 aliphatic carbocycles. The number of rotatable bonds is 10. The number of nitrogens with zero attached hydrogens (tertiary/aromatic N) is 1. The third-order valence-electron chi connectivity index (χ3n) is 4.04. The Labute approximate surface area is 144 Å². The van der Waals surface area contributed by atoms with Crippen LogP contribution >= 0.6 is 0 Å². The Morgan fingerprint density at radius 3 is 2.75 bits per heavy atom. The highest BCUT2D eigenvalue weighted by Crippen LogP contribution is 2.06. The normalized spacial score (nSPS) is 16.7. The van der Waals surface area contributed by atoms with E-state index >= 15 is 0 Å².